The van der Waals surface area contributed by atoms with Crippen molar-refractivity contribution in [2.75, 3.05) is 7.11 Å². The van der Waals surface area contributed by atoms with Gasteiger partial charge in [-0.1, -0.05) is 54.2 Å². The van der Waals surface area contributed by atoms with E-state index in [1.54, 1.807) is 7.11 Å². The summed E-state index contributed by atoms with van der Waals surface area (Å²) in [5.41, 5.74) is 6.33. The molecule has 6 rings (SSSR count). The van der Waals surface area contributed by atoms with Gasteiger partial charge in [0.2, 0.25) is 0 Å². The fourth-order valence-corrected chi connectivity index (χ4v) is 6.44. The third kappa shape index (κ3) is 4.90. The molecule has 0 aromatic heterocycles. The van der Waals surface area contributed by atoms with E-state index in [1.807, 2.05) is 59.6 Å². The van der Waals surface area contributed by atoms with Gasteiger partial charge in [-0.15, -0.1) is 0 Å². The molecule has 0 spiro atoms. The summed E-state index contributed by atoms with van der Waals surface area (Å²) < 4.78 is 5.30. The number of fused-ring (bicyclic) bond motifs is 1. The lowest BCUT2D eigenvalue weighted by Gasteiger charge is -2.23. The van der Waals surface area contributed by atoms with Gasteiger partial charge < -0.3 is 4.74 Å². The standard InChI is InChI=1S/C31H29N3O3S/c1-37-25-15-13-21(14-16-25)26-18-27(22-8-3-2-4-9-22)34(33-26)31-32-30(36)29(38-31)19-28(35)24-12-11-20-7-5-6-10-23(20)17-24/h2-4,8-9,11-17,27,29H,5-7,10,18-19H2,1H3/t27-,29-/m1/s1. The number of hydrogen-bond acceptors (Lipinski definition) is 6. The Kier molecular flexibility index (Phi) is 6.85. The number of hydrogen-bond donors (Lipinski definition) is 0. The third-order valence-electron chi connectivity index (χ3n) is 7.48. The number of carbonyl (C=O) groups is 2. The Labute approximate surface area is 226 Å². The number of carbonyl (C=O) groups excluding carboxylic acids is 2. The van der Waals surface area contributed by atoms with Crippen LogP contribution in [0.3, 0.4) is 0 Å². The monoisotopic (exact) mass is 523 g/mol. The SMILES string of the molecule is COc1ccc(C2=NN(C3=NC(=O)[C@@H](CC(=O)c4ccc5c(c4)CCCC5)S3)[C@@H](c3ccccc3)C2)cc1. The number of amidine groups is 1. The molecule has 2 heterocycles. The van der Waals surface area contributed by atoms with Crippen molar-refractivity contribution in [1.82, 2.24) is 5.01 Å². The molecule has 2 atom stereocenters. The van der Waals surface area contributed by atoms with Crippen molar-refractivity contribution in [2.45, 2.75) is 49.8 Å². The van der Waals surface area contributed by atoms with Gasteiger partial charge >= 0.3 is 0 Å². The highest BCUT2D eigenvalue weighted by Crippen LogP contribution is 2.39. The maximum atomic E-state index is 13.2. The first-order valence-electron chi connectivity index (χ1n) is 13.1. The quantitative estimate of drug-likeness (QED) is 0.371. The Balaban J connectivity index is 1.22. The molecule has 0 fully saturated rings. The molecule has 1 amide bonds. The summed E-state index contributed by atoms with van der Waals surface area (Å²) >= 11 is 1.35. The van der Waals surface area contributed by atoms with Crippen LogP contribution in [-0.4, -0.2) is 39.9 Å². The van der Waals surface area contributed by atoms with E-state index in [0.29, 0.717) is 17.2 Å². The maximum Gasteiger partial charge on any atom is 0.262 e. The number of methoxy groups -OCH3 is 1. The highest BCUT2D eigenvalue weighted by Gasteiger charge is 2.39. The van der Waals surface area contributed by atoms with Crippen molar-refractivity contribution >= 4 is 34.3 Å². The predicted octanol–water partition coefficient (Wildman–Crippen LogP) is 6.00. The summed E-state index contributed by atoms with van der Waals surface area (Å²) in [5.74, 6) is 0.511. The van der Waals surface area contributed by atoms with Crippen molar-refractivity contribution in [3.8, 4) is 5.75 Å². The lowest BCUT2D eigenvalue weighted by molar-refractivity contribution is -0.117. The van der Waals surface area contributed by atoms with Gasteiger partial charge in [-0.3, -0.25) is 9.59 Å². The first-order chi connectivity index (χ1) is 18.6. The highest BCUT2D eigenvalue weighted by molar-refractivity contribution is 8.15. The average Bonchev–Trinajstić information content (AvgIpc) is 3.57. The number of amides is 1. The third-order valence-corrected chi connectivity index (χ3v) is 8.63. The lowest BCUT2D eigenvalue weighted by Crippen LogP contribution is -2.24. The molecule has 7 heteroatoms. The van der Waals surface area contributed by atoms with Crippen LogP contribution >= 0.6 is 11.8 Å². The number of aryl methyl sites for hydroxylation is 2. The van der Waals surface area contributed by atoms with Crippen LogP contribution in [0.4, 0.5) is 0 Å². The topological polar surface area (TPSA) is 71.3 Å². The molecular weight excluding hydrogens is 494 g/mol. The molecule has 38 heavy (non-hydrogen) atoms. The van der Waals surface area contributed by atoms with Gasteiger partial charge in [0.1, 0.15) is 11.0 Å². The first-order valence-corrected chi connectivity index (χ1v) is 14.0. The Hall–Kier alpha value is -3.71. The van der Waals surface area contributed by atoms with E-state index in [9.17, 15) is 9.59 Å². The molecule has 0 unspecified atom stereocenters. The van der Waals surface area contributed by atoms with E-state index < -0.39 is 5.25 Å². The molecule has 2 aliphatic heterocycles. The average molecular weight is 524 g/mol. The number of rotatable bonds is 6. The Morgan fingerprint density at radius 3 is 2.53 bits per heavy atom. The van der Waals surface area contributed by atoms with Gasteiger partial charge in [-0.05, 0) is 78.3 Å². The van der Waals surface area contributed by atoms with Gasteiger partial charge in [0.25, 0.3) is 5.91 Å². The predicted molar refractivity (Wildman–Crippen MR) is 151 cm³/mol. The van der Waals surface area contributed by atoms with E-state index in [2.05, 4.69) is 23.2 Å². The van der Waals surface area contributed by atoms with Crippen LogP contribution in [0.1, 0.15) is 64.3 Å². The van der Waals surface area contributed by atoms with Gasteiger partial charge in [0, 0.05) is 18.4 Å². The van der Waals surface area contributed by atoms with Crippen LogP contribution in [-0.2, 0) is 17.6 Å². The van der Waals surface area contributed by atoms with Crippen molar-refractivity contribution in [1.29, 1.82) is 0 Å². The molecule has 3 aromatic rings. The normalized spacial score (nSPS) is 20.7. The molecule has 0 saturated heterocycles. The zero-order chi connectivity index (χ0) is 26.1. The van der Waals surface area contributed by atoms with Gasteiger partial charge in [-0.2, -0.15) is 10.1 Å². The molecule has 0 bridgehead atoms. The highest BCUT2D eigenvalue weighted by atomic mass is 32.2. The second kappa shape index (κ2) is 10.6. The Morgan fingerprint density at radius 1 is 1.00 bits per heavy atom. The van der Waals surface area contributed by atoms with Crippen LogP contribution in [0.2, 0.25) is 0 Å². The number of aliphatic imine (C=N–C) groups is 1. The zero-order valence-corrected chi connectivity index (χ0v) is 22.1. The Morgan fingerprint density at radius 2 is 1.76 bits per heavy atom. The van der Waals surface area contributed by atoms with Crippen LogP contribution in [0, 0.1) is 0 Å². The molecule has 192 valence electrons. The molecule has 3 aliphatic rings. The summed E-state index contributed by atoms with van der Waals surface area (Å²) in [7, 11) is 1.65. The number of hydrazone groups is 1. The summed E-state index contributed by atoms with van der Waals surface area (Å²) in [4.78, 5) is 30.5. The van der Waals surface area contributed by atoms with E-state index >= 15 is 0 Å². The molecule has 3 aromatic carbocycles. The van der Waals surface area contributed by atoms with Crippen molar-refractivity contribution in [3.05, 3.63) is 101 Å². The Bertz CT molecular complexity index is 1430. The number of benzene rings is 3. The number of thioether (sulfide) groups is 1. The molecule has 0 saturated carbocycles. The summed E-state index contributed by atoms with van der Waals surface area (Å²) in [6.07, 6.45) is 5.28. The van der Waals surface area contributed by atoms with Crippen LogP contribution in [0.25, 0.3) is 0 Å². The number of Topliss-reactive ketones (excluding diaryl/α,β-unsaturated/α-hetero) is 1. The molecule has 1 aliphatic carbocycles. The maximum absolute atomic E-state index is 13.2. The second-order valence-electron chi connectivity index (χ2n) is 9.91. The van der Waals surface area contributed by atoms with Crippen LogP contribution in [0.15, 0.2) is 82.9 Å². The number of ether oxygens (including phenoxy) is 1. The van der Waals surface area contributed by atoms with E-state index in [1.165, 1.54) is 29.3 Å². The lowest BCUT2D eigenvalue weighted by atomic mass is 9.89. The minimum Gasteiger partial charge on any atom is -0.497 e. The van der Waals surface area contributed by atoms with Crippen LogP contribution < -0.4 is 4.74 Å². The van der Waals surface area contributed by atoms with Crippen LogP contribution in [0.5, 0.6) is 5.75 Å². The van der Waals surface area contributed by atoms with Gasteiger partial charge in [-0.25, -0.2) is 5.01 Å². The minimum atomic E-state index is -0.537. The molecule has 0 radical (unpaired) electrons. The van der Waals surface area contributed by atoms with Gasteiger partial charge in [0.05, 0.1) is 18.9 Å². The van der Waals surface area contributed by atoms with E-state index in [4.69, 9.17) is 9.84 Å². The van der Waals surface area contributed by atoms with Crippen molar-refractivity contribution in [3.63, 3.8) is 0 Å². The summed E-state index contributed by atoms with van der Waals surface area (Å²) in [6.45, 7) is 0. The fourth-order valence-electron chi connectivity index (χ4n) is 5.38. The van der Waals surface area contributed by atoms with Crippen molar-refractivity contribution < 1.29 is 14.3 Å². The summed E-state index contributed by atoms with van der Waals surface area (Å²) in [5, 5.41) is 6.80. The molecular formula is C31H29N3O3S. The second-order valence-corrected chi connectivity index (χ2v) is 11.1. The molecule has 0 N–H and O–H groups in total. The zero-order valence-electron chi connectivity index (χ0n) is 21.3. The largest absolute Gasteiger partial charge is 0.497 e. The van der Waals surface area contributed by atoms with Crippen molar-refractivity contribution in [2.24, 2.45) is 10.1 Å². The van der Waals surface area contributed by atoms with E-state index in [0.717, 1.165) is 41.9 Å². The molecule has 6 nitrogen and oxygen atoms in total. The number of ketones is 1. The fraction of sp³-hybridized carbons (Fsp3) is 0.290. The smallest absolute Gasteiger partial charge is 0.262 e. The minimum absolute atomic E-state index is 0.0101. The first kappa shape index (κ1) is 24.6. The summed E-state index contributed by atoms with van der Waals surface area (Å²) in [6, 6.07) is 23.9. The number of nitrogens with zero attached hydrogens (tertiary/aromatic N) is 3. The van der Waals surface area contributed by atoms with E-state index in [-0.39, 0.29) is 24.2 Å². The van der Waals surface area contributed by atoms with Gasteiger partial charge in [0.15, 0.2) is 11.0 Å².